The number of nitrogens with one attached hydrogen (secondary N) is 1. The van der Waals surface area contributed by atoms with Crippen molar-refractivity contribution in [1.29, 1.82) is 0 Å². The lowest BCUT2D eigenvalue weighted by Crippen LogP contribution is -2.30. The monoisotopic (exact) mass is 299 g/mol. The van der Waals surface area contributed by atoms with Crippen molar-refractivity contribution in [2.75, 3.05) is 12.4 Å². The third kappa shape index (κ3) is 3.58. The molecule has 0 spiro atoms. The molecule has 1 amide bonds. The first kappa shape index (κ1) is 15.9. The Morgan fingerprint density at radius 1 is 1.00 bits per heavy atom. The highest BCUT2D eigenvalue weighted by Gasteiger charge is 2.18. The molecule has 0 aromatic heterocycles. The summed E-state index contributed by atoms with van der Waals surface area (Å²) in [7, 11) is 1.57. The summed E-state index contributed by atoms with van der Waals surface area (Å²) in [6.45, 7) is 5.65. The molecule has 0 fully saturated rings. The molecule has 2 rings (SSSR count). The first-order valence-corrected chi connectivity index (χ1v) is 7.19. The van der Waals surface area contributed by atoms with Crippen LogP contribution in [0.4, 0.5) is 5.69 Å². The summed E-state index contributed by atoms with van der Waals surface area (Å²) >= 11 is 0. The van der Waals surface area contributed by atoms with Gasteiger partial charge in [0.25, 0.3) is 5.91 Å². The van der Waals surface area contributed by atoms with Crippen LogP contribution >= 0.6 is 0 Å². The minimum atomic E-state index is -0.629. The molecule has 0 aliphatic heterocycles. The Morgan fingerprint density at radius 2 is 1.59 bits per heavy atom. The highest BCUT2D eigenvalue weighted by Crippen LogP contribution is 2.27. The fourth-order valence-corrected chi connectivity index (χ4v) is 2.20. The van der Waals surface area contributed by atoms with Crippen molar-refractivity contribution in [3.05, 3.63) is 53.6 Å². The van der Waals surface area contributed by atoms with Crippen LogP contribution in [0.3, 0.4) is 0 Å². The summed E-state index contributed by atoms with van der Waals surface area (Å²) in [5.74, 6) is 0.965. The first-order chi connectivity index (χ1) is 10.5. The number of ether oxygens (including phenoxy) is 2. The molecule has 2 aromatic rings. The number of carbonyl (C=O) groups is 1. The average molecular weight is 299 g/mol. The molecule has 1 N–H and O–H groups in total. The molecule has 1 atom stereocenters. The molecule has 116 valence electrons. The number of carbonyl (C=O) groups excluding carboxylic acids is 1. The fraction of sp³-hybridized carbons (Fsp3) is 0.278. The maximum absolute atomic E-state index is 12.3. The summed E-state index contributed by atoms with van der Waals surface area (Å²) in [4.78, 5) is 12.3. The van der Waals surface area contributed by atoms with Crippen molar-refractivity contribution in [2.24, 2.45) is 0 Å². The fourth-order valence-electron chi connectivity index (χ4n) is 2.20. The largest absolute Gasteiger partial charge is 0.493 e. The van der Waals surface area contributed by atoms with Gasteiger partial charge in [0.15, 0.2) is 17.6 Å². The van der Waals surface area contributed by atoms with E-state index >= 15 is 0 Å². The van der Waals surface area contributed by atoms with Crippen LogP contribution in [0.5, 0.6) is 11.5 Å². The van der Waals surface area contributed by atoms with E-state index in [2.05, 4.69) is 5.32 Å². The Hall–Kier alpha value is -2.49. The summed E-state index contributed by atoms with van der Waals surface area (Å²) in [6, 6.07) is 13.2. The van der Waals surface area contributed by atoms with Crippen LogP contribution in [0.2, 0.25) is 0 Å². The van der Waals surface area contributed by atoms with Gasteiger partial charge >= 0.3 is 0 Å². The molecule has 0 radical (unpaired) electrons. The number of hydrogen-bond donors (Lipinski definition) is 1. The molecule has 0 aliphatic carbocycles. The van der Waals surface area contributed by atoms with Crippen LogP contribution < -0.4 is 14.8 Å². The molecule has 22 heavy (non-hydrogen) atoms. The zero-order valence-electron chi connectivity index (χ0n) is 13.3. The van der Waals surface area contributed by atoms with Gasteiger partial charge in [0.05, 0.1) is 7.11 Å². The summed E-state index contributed by atoms with van der Waals surface area (Å²) < 4.78 is 10.9. The Morgan fingerprint density at radius 3 is 2.18 bits per heavy atom. The van der Waals surface area contributed by atoms with Gasteiger partial charge in [-0.05, 0) is 44.0 Å². The predicted octanol–water partition coefficient (Wildman–Crippen LogP) is 3.72. The van der Waals surface area contributed by atoms with Crippen LogP contribution in [-0.2, 0) is 4.79 Å². The Balaban J connectivity index is 2.10. The molecular formula is C18H21NO3. The Bertz CT molecular complexity index is 647. The molecule has 1 unspecified atom stereocenters. The number of para-hydroxylation sites is 3. The van der Waals surface area contributed by atoms with Crippen molar-refractivity contribution in [1.82, 2.24) is 0 Å². The molecular weight excluding hydrogens is 278 g/mol. The SMILES string of the molecule is COc1ccccc1OC(C)C(=O)Nc1c(C)cccc1C. The lowest BCUT2D eigenvalue weighted by Gasteiger charge is -2.18. The number of aryl methyl sites for hydroxylation is 2. The molecule has 4 nitrogen and oxygen atoms in total. The van der Waals surface area contributed by atoms with E-state index in [0.29, 0.717) is 11.5 Å². The predicted molar refractivity (Wildman–Crippen MR) is 87.6 cm³/mol. The average Bonchev–Trinajstić information content (AvgIpc) is 2.51. The van der Waals surface area contributed by atoms with E-state index in [1.165, 1.54) is 0 Å². The van der Waals surface area contributed by atoms with Crippen LogP contribution in [0.1, 0.15) is 18.1 Å². The smallest absolute Gasteiger partial charge is 0.265 e. The lowest BCUT2D eigenvalue weighted by molar-refractivity contribution is -0.122. The summed E-state index contributed by atoms with van der Waals surface area (Å²) in [5.41, 5.74) is 2.89. The first-order valence-electron chi connectivity index (χ1n) is 7.19. The molecule has 0 saturated carbocycles. The van der Waals surface area contributed by atoms with Crippen LogP contribution in [0.25, 0.3) is 0 Å². The van der Waals surface area contributed by atoms with E-state index in [1.807, 2.05) is 44.2 Å². The van der Waals surface area contributed by atoms with E-state index in [9.17, 15) is 4.79 Å². The topological polar surface area (TPSA) is 47.6 Å². The van der Waals surface area contributed by atoms with Crippen molar-refractivity contribution >= 4 is 11.6 Å². The van der Waals surface area contributed by atoms with Crippen LogP contribution in [0, 0.1) is 13.8 Å². The number of benzene rings is 2. The van der Waals surface area contributed by atoms with Gasteiger partial charge in [0.1, 0.15) is 0 Å². The van der Waals surface area contributed by atoms with Gasteiger partial charge in [0, 0.05) is 5.69 Å². The Kier molecular flexibility index (Phi) is 5.04. The summed E-state index contributed by atoms with van der Waals surface area (Å²) in [6.07, 6.45) is -0.629. The third-order valence-corrected chi connectivity index (χ3v) is 3.47. The standard InChI is InChI=1S/C18H21NO3/c1-12-8-7-9-13(2)17(12)19-18(20)14(3)22-16-11-6-5-10-15(16)21-4/h5-11,14H,1-4H3,(H,19,20). The van der Waals surface area contributed by atoms with Gasteiger partial charge in [-0.3, -0.25) is 4.79 Å². The van der Waals surface area contributed by atoms with E-state index in [4.69, 9.17) is 9.47 Å². The number of amides is 1. The number of anilines is 1. The highest BCUT2D eigenvalue weighted by atomic mass is 16.5. The maximum Gasteiger partial charge on any atom is 0.265 e. The second-order valence-electron chi connectivity index (χ2n) is 5.17. The third-order valence-electron chi connectivity index (χ3n) is 3.47. The molecule has 0 saturated heterocycles. The quantitative estimate of drug-likeness (QED) is 0.915. The van der Waals surface area contributed by atoms with E-state index < -0.39 is 6.10 Å². The minimum absolute atomic E-state index is 0.191. The number of hydrogen-bond acceptors (Lipinski definition) is 3. The summed E-state index contributed by atoms with van der Waals surface area (Å²) in [5, 5.41) is 2.93. The van der Waals surface area contributed by atoms with Gasteiger partial charge in [-0.15, -0.1) is 0 Å². The Labute approximate surface area is 131 Å². The minimum Gasteiger partial charge on any atom is -0.493 e. The molecule has 0 aliphatic rings. The van der Waals surface area contributed by atoms with Crippen molar-refractivity contribution in [2.45, 2.75) is 26.9 Å². The van der Waals surface area contributed by atoms with Crippen molar-refractivity contribution in [3.8, 4) is 11.5 Å². The number of rotatable bonds is 5. The van der Waals surface area contributed by atoms with Gasteiger partial charge in [0.2, 0.25) is 0 Å². The molecule has 0 bridgehead atoms. The van der Waals surface area contributed by atoms with E-state index in [1.54, 1.807) is 26.2 Å². The van der Waals surface area contributed by atoms with Gasteiger partial charge in [-0.2, -0.15) is 0 Å². The highest BCUT2D eigenvalue weighted by molar-refractivity contribution is 5.95. The van der Waals surface area contributed by atoms with Gasteiger partial charge < -0.3 is 14.8 Å². The molecule has 4 heteroatoms. The maximum atomic E-state index is 12.3. The molecule has 0 heterocycles. The second-order valence-corrected chi connectivity index (χ2v) is 5.17. The van der Waals surface area contributed by atoms with Crippen molar-refractivity contribution in [3.63, 3.8) is 0 Å². The lowest BCUT2D eigenvalue weighted by atomic mass is 10.1. The van der Waals surface area contributed by atoms with Gasteiger partial charge in [-0.25, -0.2) is 0 Å². The van der Waals surface area contributed by atoms with Crippen molar-refractivity contribution < 1.29 is 14.3 Å². The second kappa shape index (κ2) is 6.98. The van der Waals surface area contributed by atoms with E-state index in [0.717, 1.165) is 16.8 Å². The van der Waals surface area contributed by atoms with E-state index in [-0.39, 0.29) is 5.91 Å². The van der Waals surface area contributed by atoms with Crippen LogP contribution in [-0.4, -0.2) is 19.1 Å². The van der Waals surface area contributed by atoms with Gasteiger partial charge in [-0.1, -0.05) is 30.3 Å². The molecule has 2 aromatic carbocycles. The zero-order chi connectivity index (χ0) is 16.1. The normalized spacial score (nSPS) is 11.6. The number of methoxy groups -OCH3 is 1. The zero-order valence-corrected chi connectivity index (χ0v) is 13.3. The van der Waals surface area contributed by atoms with Crippen LogP contribution in [0.15, 0.2) is 42.5 Å².